The highest BCUT2D eigenvalue weighted by molar-refractivity contribution is 6.17. The number of piperazine rings is 1. The lowest BCUT2D eigenvalue weighted by Crippen LogP contribution is -2.72. The molecule has 10 heteroatoms. The fourth-order valence-electron chi connectivity index (χ4n) is 6.39. The van der Waals surface area contributed by atoms with Crippen LogP contribution in [0.25, 0.3) is 0 Å². The maximum absolute atomic E-state index is 14.3. The standard InChI is InChI=1S/C27H35N3O7/c1-15(2)10-12-37-23-26(21(31)17-9-8-16(36-5)13-18(17)28-26)20(14-25(3,4)34)30-22(32)19-7-6-11-29(19)24(33)27(23,30)35/h8-10,13,19-20,23,28,34-35H,6-7,11-12,14H2,1-5H3/t19-,20-,23-,26+,27+/m0/s1. The number of Topliss-reactive ketones (excluding diaryl/α,β-unsaturated/α-hetero) is 1. The van der Waals surface area contributed by atoms with E-state index in [2.05, 4.69) is 5.32 Å². The summed E-state index contributed by atoms with van der Waals surface area (Å²) in [6.45, 7) is 7.28. The molecule has 200 valence electrons. The van der Waals surface area contributed by atoms with Gasteiger partial charge in [-0.25, -0.2) is 0 Å². The second-order valence-electron chi connectivity index (χ2n) is 11.4. The smallest absolute Gasteiger partial charge is 0.279 e. The summed E-state index contributed by atoms with van der Waals surface area (Å²) in [4.78, 5) is 44.8. The van der Waals surface area contributed by atoms with Crippen molar-refractivity contribution in [1.82, 2.24) is 9.80 Å². The number of allylic oxidation sites excluding steroid dienone is 1. The number of ketones is 1. The van der Waals surface area contributed by atoms with Gasteiger partial charge >= 0.3 is 0 Å². The molecule has 4 aliphatic heterocycles. The molecule has 1 aromatic rings. The number of aliphatic hydroxyl groups is 2. The number of anilines is 1. The first-order valence-corrected chi connectivity index (χ1v) is 12.7. The number of amides is 2. The molecule has 37 heavy (non-hydrogen) atoms. The predicted octanol–water partition coefficient (Wildman–Crippen LogP) is 1.46. The Morgan fingerprint density at radius 2 is 2.00 bits per heavy atom. The van der Waals surface area contributed by atoms with Crippen LogP contribution >= 0.6 is 0 Å². The van der Waals surface area contributed by atoms with Gasteiger partial charge in [0.2, 0.25) is 5.91 Å². The van der Waals surface area contributed by atoms with Gasteiger partial charge in [-0.3, -0.25) is 19.3 Å². The molecule has 0 aromatic heterocycles. The highest BCUT2D eigenvalue weighted by Gasteiger charge is 2.79. The minimum absolute atomic E-state index is 0.0136. The molecular formula is C27H35N3O7. The average molecular weight is 514 g/mol. The van der Waals surface area contributed by atoms with Crippen LogP contribution in [0, 0.1) is 0 Å². The molecule has 2 amide bonds. The van der Waals surface area contributed by atoms with Crippen LogP contribution in [0.4, 0.5) is 5.69 Å². The normalized spacial score (nSPS) is 32.4. The van der Waals surface area contributed by atoms with E-state index < -0.39 is 52.7 Å². The zero-order valence-corrected chi connectivity index (χ0v) is 21.9. The van der Waals surface area contributed by atoms with Gasteiger partial charge in [0, 0.05) is 23.9 Å². The van der Waals surface area contributed by atoms with Crippen molar-refractivity contribution >= 4 is 23.3 Å². The molecule has 0 aliphatic carbocycles. The number of nitrogens with one attached hydrogen (secondary N) is 1. The largest absolute Gasteiger partial charge is 0.497 e. The molecule has 0 bridgehead atoms. The molecule has 1 spiro atoms. The number of carbonyl (C=O) groups excluding carboxylic acids is 3. The van der Waals surface area contributed by atoms with Crippen molar-refractivity contribution < 1.29 is 34.1 Å². The molecule has 1 aromatic carbocycles. The lowest BCUT2D eigenvalue weighted by molar-refractivity contribution is -0.212. The topological polar surface area (TPSA) is 129 Å². The zero-order valence-electron chi connectivity index (χ0n) is 21.9. The van der Waals surface area contributed by atoms with E-state index in [1.165, 1.54) is 12.0 Å². The first-order valence-electron chi connectivity index (χ1n) is 12.7. The van der Waals surface area contributed by atoms with E-state index in [0.29, 0.717) is 36.4 Å². The lowest BCUT2D eigenvalue weighted by atomic mass is 9.77. The minimum atomic E-state index is -2.43. The van der Waals surface area contributed by atoms with Gasteiger partial charge in [-0.15, -0.1) is 0 Å². The van der Waals surface area contributed by atoms with Crippen molar-refractivity contribution in [2.75, 3.05) is 25.6 Å². The van der Waals surface area contributed by atoms with Gasteiger partial charge < -0.3 is 29.9 Å². The number of hydrogen-bond donors (Lipinski definition) is 3. The molecule has 4 aliphatic rings. The number of hydrogen-bond acceptors (Lipinski definition) is 8. The second kappa shape index (κ2) is 8.54. The zero-order chi connectivity index (χ0) is 26.9. The molecule has 0 saturated carbocycles. The maximum atomic E-state index is 14.3. The molecule has 3 fully saturated rings. The molecule has 5 rings (SSSR count). The summed E-state index contributed by atoms with van der Waals surface area (Å²) in [5.74, 6) is -0.994. The quantitative estimate of drug-likeness (QED) is 0.488. The number of carbonyl (C=O) groups is 3. The summed E-state index contributed by atoms with van der Waals surface area (Å²) in [6, 6.07) is 3.16. The summed E-state index contributed by atoms with van der Waals surface area (Å²) < 4.78 is 11.6. The van der Waals surface area contributed by atoms with Crippen molar-refractivity contribution in [3.63, 3.8) is 0 Å². The van der Waals surface area contributed by atoms with Gasteiger partial charge in [-0.2, -0.15) is 0 Å². The Bertz CT molecular complexity index is 1190. The Hall–Kier alpha value is -2.95. The molecule has 4 heterocycles. The van der Waals surface area contributed by atoms with Crippen molar-refractivity contribution in [3.8, 4) is 5.75 Å². The van der Waals surface area contributed by atoms with E-state index in [1.807, 2.05) is 13.8 Å². The Balaban J connectivity index is 1.73. The van der Waals surface area contributed by atoms with E-state index in [4.69, 9.17) is 9.47 Å². The molecule has 10 nitrogen and oxygen atoms in total. The Kier molecular flexibility index (Phi) is 5.93. The van der Waals surface area contributed by atoms with Crippen LogP contribution in [0.1, 0.15) is 57.3 Å². The molecular weight excluding hydrogens is 478 g/mol. The van der Waals surface area contributed by atoms with E-state index in [0.717, 1.165) is 10.5 Å². The second-order valence-corrected chi connectivity index (χ2v) is 11.4. The predicted molar refractivity (Wildman–Crippen MR) is 134 cm³/mol. The van der Waals surface area contributed by atoms with Crippen LogP contribution in [0.3, 0.4) is 0 Å². The van der Waals surface area contributed by atoms with Crippen LogP contribution in [-0.4, -0.2) is 92.9 Å². The summed E-state index contributed by atoms with van der Waals surface area (Å²) in [7, 11) is 1.51. The molecule has 3 N–H and O–H groups in total. The van der Waals surface area contributed by atoms with Gasteiger partial charge in [0.1, 0.15) is 17.9 Å². The van der Waals surface area contributed by atoms with Crippen LogP contribution < -0.4 is 10.1 Å². The van der Waals surface area contributed by atoms with Crippen molar-refractivity contribution in [2.24, 2.45) is 0 Å². The minimum Gasteiger partial charge on any atom is -0.497 e. The molecule has 0 radical (unpaired) electrons. The van der Waals surface area contributed by atoms with Crippen LogP contribution in [0.2, 0.25) is 0 Å². The fourth-order valence-corrected chi connectivity index (χ4v) is 6.39. The van der Waals surface area contributed by atoms with Crippen LogP contribution in [0.5, 0.6) is 5.75 Å². The third-order valence-corrected chi connectivity index (χ3v) is 7.97. The van der Waals surface area contributed by atoms with E-state index in [1.54, 1.807) is 38.1 Å². The van der Waals surface area contributed by atoms with Gasteiger partial charge in [-0.05, 0) is 59.1 Å². The molecule has 3 saturated heterocycles. The summed E-state index contributed by atoms with van der Waals surface area (Å²) in [6.07, 6.45) is 1.38. The number of benzene rings is 1. The fraction of sp³-hybridized carbons (Fsp3) is 0.593. The number of nitrogens with zero attached hydrogens (tertiary/aromatic N) is 2. The van der Waals surface area contributed by atoms with Crippen LogP contribution in [0.15, 0.2) is 29.8 Å². The van der Waals surface area contributed by atoms with Crippen molar-refractivity contribution in [2.45, 2.75) is 82.0 Å². The summed E-state index contributed by atoms with van der Waals surface area (Å²) in [5.41, 5.74) is -3.75. The first kappa shape index (κ1) is 25.7. The maximum Gasteiger partial charge on any atom is 0.279 e. The van der Waals surface area contributed by atoms with Gasteiger partial charge in [0.25, 0.3) is 11.6 Å². The summed E-state index contributed by atoms with van der Waals surface area (Å²) >= 11 is 0. The Morgan fingerprint density at radius 3 is 2.65 bits per heavy atom. The number of fused-ring (bicyclic) bond motifs is 3. The Labute approximate surface area is 216 Å². The van der Waals surface area contributed by atoms with Gasteiger partial charge in [0.05, 0.1) is 25.4 Å². The third-order valence-electron chi connectivity index (χ3n) is 7.97. The monoisotopic (exact) mass is 513 g/mol. The van der Waals surface area contributed by atoms with E-state index in [9.17, 15) is 24.6 Å². The van der Waals surface area contributed by atoms with E-state index in [-0.39, 0.29) is 13.0 Å². The average Bonchev–Trinajstić information content (AvgIpc) is 3.47. The third kappa shape index (κ3) is 3.60. The number of ether oxygens (including phenoxy) is 2. The van der Waals surface area contributed by atoms with Crippen molar-refractivity contribution in [1.29, 1.82) is 0 Å². The van der Waals surface area contributed by atoms with Crippen LogP contribution in [-0.2, 0) is 14.3 Å². The van der Waals surface area contributed by atoms with Gasteiger partial charge in [0.15, 0.2) is 11.3 Å². The number of methoxy groups -OCH3 is 1. The SMILES string of the molecule is COc1ccc2c(c1)N[C@@]1(C2=O)[C@H](CC(C)(C)O)N2C(=O)[C@@H]3CCCN3C(=O)[C@]2(O)[C@H]1OCC=C(C)C. The lowest BCUT2D eigenvalue weighted by Gasteiger charge is -2.47. The highest BCUT2D eigenvalue weighted by atomic mass is 16.5. The van der Waals surface area contributed by atoms with E-state index >= 15 is 0 Å². The van der Waals surface area contributed by atoms with Crippen molar-refractivity contribution in [3.05, 3.63) is 35.4 Å². The summed E-state index contributed by atoms with van der Waals surface area (Å²) in [5, 5.41) is 26.5. The molecule has 0 unspecified atom stereocenters. The first-order chi connectivity index (χ1) is 17.4. The van der Waals surface area contributed by atoms with Gasteiger partial charge in [-0.1, -0.05) is 11.6 Å². The number of rotatable bonds is 6. The highest BCUT2D eigenvalue weighted by Crippen LogP contribution is 2.54. The Morgan fingerprint density at radius 1 is 1.27 bits per heavy atom. The molecule has 5 atom stereocenters.